The van der Waals surface area contributed by atoms with E-state index in [1.165, 1.54) is 36.8 Å². The van der Waals surface area contributed by atoms with E-state index < -0.39 is 6.10 Å². The average Bonchev–Trinajstić information content (AvgIpc) is 3.34. The van der Waals surface area contributed by atoms with Crippen LogP contribution in [0.4, 0.5) is 0 Å². The Kier molecular flexibility index (Phi) is 4.34. The van der Waals surface area contributed by atoms with Crippen LogP contribution in [0.1, 0.15) is 48.5 Å². The minimum absolute atomic E-state index is 0.0671. The van der Waals surface area contributed by atoms with Gasteiger partial charge in [-0.15, -0.1) is 0 Å². The van der Waals surface area contributed by atoms with Crippen LogP contribution in [0.3, 0.4) is 0 Å². The summed E-state index contributed by atoms with van der Waals surface area (Å²) in [6.07, 6.45) is 4.22. The predicted octanol–water partition coefficient (Wildman–Crippen LogP) is 3.52. The number of nitrogens with one attached hydrogen (secondary N) is 1. The molecule has 1 fully saturated rings. The van der Waals surface area contributed by atoms with Gasteiger partial charge in [0.15, 0.2) is 0 Å². The van der Waals surface area contributed by atoms with Crippen molar-refractivity contribution < 1.29 is 9.90 Å². The van der Waals surface area contributed by atoms with E-state index in [0.717, 1.165) is 5.56 Å². The Bertz CT molecular complexity index is 758. The van der Waals surface area contributed by atoms with Crippen LogP contribution in [0, 0.1) is 5.92 Å². The summed E-state index contributed by atoms with van der Waals surface area (Å²) in [5.74, 6) is 0.467. The molecule has 3 heteroatoms. The lowest BCUT2D eigenvalue weighted by Crippen LogP contribution is -2.30. The standard InChI is InChI=1S/C22H25NO2/c24-20(17-8-2-1-3-9-17)13-21(25)23-15-18-14-22(18)12-6-10-16-7-4-5-11-19(16)22/h1-5,7-9,11,18,20,24H,6,10,12-15H2,(H,23,25). The molecule has 0 bridgehead atoms. The lowest BCUT2D eigenvalue weighted by Gasteiger charge is -2.26. The normalized spacial score (nSPS) is 25.2. The Labute approximate surface area is 149 Å². The number of hydrogen-bond acceptors (Lipinski definition) is 2. The molecular formula is C22H25NO2. The molecule has 3 atom stereocenters. The number of carbonyl (C=O) groups excluding carboxylic acids is 1. The molecule has 1 amide bonds. The molecule has 2 aliphatic carbocycles. The fraction of sp³-hybridized carbons (Fsp3) is 0.409. The van der Waals surface area contributed by atoms with Gasteiger partial charge in [0.25, 0.3) is 0 Å². The summed E-state index contributed by atoms with van der Waals surface area (Å²) < 4.78 is 0. The third-order valence-electron chi connectivity index (χ3n) is 5.96. The fourth-order valence-corrected chi connectivity index (χ4v) is 4.52. The van der Waals surface area contributed by atoms with Gasteiger partial charge in [0, 0.05) is 12.0 Å². The van der Waals surface area contributed by atoms with Gasteiger partial charge in [-0.2, -0.15) is 0 Å². The second-order valence-electron chi connectivity index (χ2n) is 7.50. The Balaban J connectivity index is 1.33. The van der Waals surface area contributed by atoms with E-state index in [9.17, 15) is 9.90 Å². The number of aryl methyl sites for hydroxylation is 1. The first kappa shape index (κ1) is 16.3. The molecule has 0 aromatic heterocycles. The zero-order valence-electron chi connectivity index (χ0n) is 14.4. The van der Waals surface area contributed by atoms with Crippen LogP contribution in [-0.2, 0) is 16.6 Å². The van der Waals surface area contributed by atoms with E-state index in [-0.39, 0.29) is 12.3 Å². The third kappa shape index (κ3) is 3.21. The molecule has 1 spiro atoms. The van der Waals surface area contributed by atoms with E-state index in [4.69, 9.17) is 0 Å². The molecule has 2 aromatic carbocycles. The summed E-state index contributed by atoms with van der Waals surface area (Å²) in [5, 5.41) is 13.2. The largest absolute Gasteiger partial charge is 0.388 e. The first-order chi connectivity index (χ1) is 12.2. The maximum absolute atomic E-state index is 12.2. The van der Waals surface area contributed by atoms with Crippen molar-refractivity contribution in [3.05, 3.63) is 71.3 Å². The highest BCUT2D eigenvalue weighted by atomic mass is 16.3. The zero-order valence-corrected chi connectivity index (χ0v) is 14.4. The van der Waals surface area contributed by atoms with Crippen LogP contribution in [0.2, 0.25) is 0 Å². The van der Waals surface area contributed by atoms with Gasteiger partial charge in [-0.3, -0.25) is 4.79 Å². The minimum Gasteiger partial charge on any atom is -0.388 e. The first-order valence-electron chi connectivity index (χ1n) is 9.27. The highest BCUT2D eigenvalue weighted by molar-refractivity contribution is 5.76. The molecule has 0 aliphatic heterocycles. The van der Waals surface area contributed by atoms with Crippen molar-refractivity contribution in [1.82, 2.24) is 5.32 Å². The summed E-state index contributed by atoms with van der Waals surface area (Å²) in [6.45, 7) is 0.717. The van der Waals surface area contributed by atoms with Crippen LogP contribution < -0.4 is 5.32 Å². The summed E-state index contributed by atoms with van der Waals surface area (Å²) in [5.41, 5.74) is 4.08. The minimum atomic E-state index is -0.732. The van der Waals surface area contributed by atoms with Crippen LogP contribution in [0.25, 0.3) is 0 Å². The second kappa shape index (κ2) is 6.64. The predicted molar refractivity (Wildman–Crippen MR) is 98.2 cm³/mol. The maximum Gasteiger partial charge on any atom is 0.222 e. The number of carbonyl (C=O) groups is 1. The monoisotopic (exact) mass is 335 g/mol. The van der Waals surface area contributed by atoms with Crippen LogP contribution >= 0.6 is 0 Å². The number of aliphatic hydroxyl groups is 1. The molecule has 2 N–H and O–H groups in total. The molecule has 0 saturated heterocycles. The number of aliphatic hydroxyl groups excluding tert-OH is 1. The van der Waals surface area contributed by atoms with Crippen LogP contribution in [-0.4, -0.2) is 17.6 Å². The van der Waals surface area contributed by atoms with Crippen molar-refractivity contribution in [2.45, 2.75) is 43.6 Å². The molecule has 3 unspecified atom stereocenters. The van der Waals surface area contributed by atoms with Gasteiger partial charge in [-0.05, 0) is 48.3 Å². The van der Waals surface area contributed by atoms with Crippen LogP contribution in [0.5, 0.6) is 0 Å². The molecule has 0 radical (unpaired) electrons. The average molecular weight is 335 g/mol. The SMILES string of the molecule is O=C(CC(O)c1ccccc1)NCC1CC12CCCc1ccccc12. The lowest BCUT2D eigenvalue weighted by molar-refractivity contribution is -0.123. The van der Waals surface area contributed by atoms with Crippen molar-refractivity contribution in [3.63, 3.8) is 0 Å². The van der Waals surface area contributed by atoms with Gasteiger partial charge in [-0.25, -0.2) is 0 Å². The molecule has 1 saturated carbocycles. The summed E-state index contributed by atoms with van der Waals surface area (Å²) in [7, 11) is 0. The van der Waals surface area contributed by atoms with Crippen molar-refractivity contribution in [3.8, 4) is 0 Å². The van der Waals surface area contributed by atoms with E-state index >= 15 is 0 Å². The van der Waals surface area contributed by atoms with Gasteiger partial charge in [0.1, 0.15) is 0 Å². The van der Waals surface area contributed by atoms with E-state index in [2.05, 4.69) is 29.6 Å². The smallest absolute Gasteiger partial charge is 0.222 e. The molecule has 2 aliphatic rings. The molecule has 25 heavy (non-hydrogen) atoms. The van der Waals surface area contributed by atoms with Crippen molar-refractivity contribution in [1.29, 1.82) is 0 Å². The van der Waals surface area contributed by atoms with Gasteiger partial charge >= 0.3 is 0 Å². The van der Waals surface area contributed by atoms with E-state index in [1.54, 1.807) is 0 Å². The maximum atomic E-state index is 12.2. The Hall–Kier alpha value is -2.13. The molecule has 2 aromatic rings. The molecule has 0 heterocycles. The number of rotatable bonds is 5. The van der Waals surface area contributed by atoms with Gasteiger partial charge in [0.2, 0.25) is 5.91 Å². The summed E-state index contributed by atoms with van der Waals surface area (Å²) in [6, 6.07) is 18.2. The quantitative estimate of drug-likeness (QED) is 0.878. The summed E-state index contributed by atoms with van der Waals surface area (Å²) >= 11 is 0. The summed E-state index contributed by atoms with van der Waals surface area (Å²) in [4.78, 5) is 12.2. The third-order valence-corrected chi connectivity index (χ3v) is 5.96. The van der Waals surface area contributed by atoms with Gasteiger partial charge in [-0.1, -0.05) is 54.6 Å². The number of benzene rings is 2. The van der Waals surface area contributed by atoms with Crippen molar-refractivity contribution in [2.24, 2.45) is 5.92 Å². The Morgan fingerprint density at radius 1 is 1.16 bits per heavy atom. The number of hydrogen-bond donors (Lipinski definition) is 2. The highest BCUT2D eigenvalue weighted by Gasteiger charge is 2.56. The lowest BCUT2D eigenvalue weighted by atomic mass is 9.78. The number of amides is 1. The van der Waals surface area contributed by atoms with E-state index in [0.29, 0.717) is 17.9 Å². The van der Waals surface area contributed by atoms with Crippen molar-refractivity contribution >= 4 is 5.91 Å². The topological polar surface area (TPSA) is 49.3 Å². The molecule has 130 valence electrons. The first-order valence-corrected chi connectivity index (χ1v) is 9.27. The molecular weight excluding hydrogens is 310 g/mol. The number of fused-ring (bicyclic) bond motifs is 2. The highest BCUT2D eigenvalue weighted by Crippen LogP contribution is 2.59. The van der Waals surface area contributed by atoms with E-state index in [1.807, 2.05) is 30.3 Å². The second-order valence-corrected chi connectivity index (χ2v) is 7.50. The Morgan fingerprint density at radius 2 is 1.92 bits per heavy atom. The Morgan fingerprint density at radius 3 is 2.76 bits per heavy atom. The zero-order chi connectivity index (χ0) is 17.3. The fourth-order valence-electron chi connectivity index (χ4n) is 4.52. The molecule has 3 nitrogen and oxygen atoms in total. The molecule has 4 rings (SSSR count). The van der Waals surface area contributed by atoms with Gasteiger partial charge in [0.05, 0.1) is 12.5 Å². The van der Waals surface area contributed by atoms with Crippen molar-refractivity contribution in [2.75, 3.05) is 6.54 Å². The van der Waals surface area contributed by atoms with Gasteiger partial charge < -0.3 is 10.4 Å². The van der Waals surface area contributed by atoms with Crippen LogP contribution in [0.15, 0.2) is 54.6 Å².